The Labute approximate surface area is 226 Å². The molecule has 0 saturated carbocycles. The second-order valence-electron chi connectivity index (χ2n) is 9.76. The highest BCUT2D eigenvalue weighted by Crippen LogP contribution is 2.44. The van der Waals surface area contributed by atoms with Crippen LogP contribution in [-0.2, 0) is 0 Å². The van der Waals surface area contributed by atoms with Gasteiger partial charge in [-0.15, -0.1) is 0 Å². The summed E-state index contributed by atoms with van der Waals surface area (Å²) in [5.74, 6) is 0.606. The maximum atomic E-state index is 6.60. The molecule has 0 aliphatic heterocycles. The van der Waals surface area contributed by atoms with Crippen molar-refractivity contribution in [2.24, 2.45) is 0 Å². The molecule has 0 N–H and O–H groups in total. The molecule has 179 valence electrons. The van der Waals surface area contributed by atoms with E-state index in [1.54, 1.807) is 0 Å². The summed E-state index contributed by atoms with van der Waals surface area (Å²) < 4.78 is 14.6. The topological polar surface area (TPSA) is 27.3 Å². The van der Waals surface area contributed by atoms with Crippen LogP contribution in [0.4, 0.5) is 0 Å². The molecule has 0 spiro atoms. The van der Waals surface area contributed by atoms with Gasteiger partial charge in [0.25, 0.3) is 0 Å². The fourth-order valence-electron chi connectivity index (χ4n) is 6.00. The van der Waals surface area contributed by atoms with Crippen LogP contribution in [0.1, 0.15) is 0 Å². The quantitative estimate of drug-likeness (QED) is 0.228. The van der Waals surface area contributed by atoms with Crippen LogP contribution in [0, 0.1) is 0 Å². The number of furan rings is 1. The highest BCUT2D eigenvalue weighted by molar-refractivity contribution is 6.85. The molecule has 0 aliphatic carbocycles. The summed E-state index contributed by atoms with van der Waals surface area (Å²) in [5.41, 5.74) is 7.16. The summed E-state index contributed by atoms with van der Waals surface area (Å²) in [7, 11) is 6.86. The third kappa shape index (κ3) is 3.26. The number of hydrogen-bond donors (Lipinski definition) is 0. The van der Waals surface area contributed by atoms with Crippen LogP contribution in [0.5, 0.6) is 5.75 Å². The van der Waals surface area contributed by atoms with Gasteiger partial charge in [-0.05, 0) is 52.7 Å². The van der Waals surface area contributed by atoms with Crippen molar-refractivity contribution in [3.63, 3.8) is 0 Å². The fourth-order valence-corrected chi connectivity index (χ4v) is 6.00. The number of benzene rings is 6. The summed E-state index contributed by atoms with van der Waals surface area (Å²) in [5, 5.41) is 6.69. The Bertz CT molecular complexity index is 2200. The van der Waals surface area contributed by atoms with Crippen molar-refractivity contribution in [3.8, 4) is 22.6 Å². The van der Waals surface area contributed by atoms with Crippen LogP contribution in [0.2, 0.25) is 0 Å². The van der Waals surface area contributed by atoms with E-state index in [2.05, 4.69) is 114 Å². The van der Waals surface area contributed by atoms with Crippen LogP contribution < -0.4 is 4.65 Å². The zero-order chi connectivity index (χ0) is 25.9. The van der Waals surface area contributed by atoms with Gasteiger partial charge in [-0.1, -0.05) is 84.9 Å². The number of aromatic nitrogens is 1. The first-order valence-electron chi connectivity index (χ1n) is 13.0. The van der Waals surface area contributed by atoms with E-state index in [-0.39, 0.29) is 0 Å². The Kier molecular flexibility index (Phi) is 4.86. The molecule has 2 heterocycles. The Morgan fingerprint density at radius 1 is 0.615 bits per heavy atom. The van der Waals surface area contributed by atoms with Gasteiger partial charge >= 0.3 is 7.37 Å². The van der Waals surface area contributed by atoms with E-state index in [4.69, 9.17) is 16.8 Å². The minimum absolute atomic E-state index is 0.606. The lowest BCUT2D eigenvalue weighted by molar-refractivity contribution is 0.584. The van der Waals surface area contributed by atoms with Crippen molar-refractivity contribution in [1.29, 1.82) is 0 Å². The summed E-state index contributed by atoms with van der Waals surface area (Å²) in [6.45, 7) is 0. The zero-order valence-electron chi connectivity index (χ0n) is 21.0. The van der Waals surface area contributed by atoms with Gasteiger partial charge < -0.3 is 13.6 Å². The molecule has 0 bridgehead atoms. The van der Waals surface area contributed by atoms with Gasteiger partial charge in [0.05, 0.1) is 18.8 Å². The second-order valence-corrected chi connectivity index (χ2v) is 9.76. The summed E-state index contributed by atoms with van der Waals surface area (Å²) in [6, 6.07) is 42.4. The van der Waals surface area contributed by atoms with E-state index in [0.29, 0.717) is 11.3 Å². The number of rotatable bonds is 4. The molecule has 0 atom stereocenters. The molecule has 3 nitrogen and oxygen atoms in total. The Hall–Kier alpha value is -4.89. The van der Waals surface area contributed by atoms with Gasteiger partial charge in [-0.2, -0.15) is 0 Å². The van der Waals surface area contributed by atoms with Gasteiger partial charge in [0, 0.05) is 32.8 Å². The van der Waals surface area contributed by atoms with Crippen molar-refractivity contribution in [1.82, 2.24) is 4.57 Å². The van der Waals surface area contributed by atoms with Crippen LogP contribution in [0.15, 0.2) is 126 Å². The predicted octanol–water partition coefficient (Wildman–Crippen LogP) is 8.58. The highest BCUT2D eigenvalue weighted by Gasteiger charge is 2.19. The first kappa shape index (κ1) is 22.1. The van der Waals surface area contributed by atoms with Crippen LogP contribution in [-0.4, -0.2) is 19.7 Å². The molecule has 8 aromatic rings. The lowest BCUT2D eigenvalue weighted by Gasteiger charge is -2.08. The molecule has 8 rings (SSSR count). The number of hydrogen-bond acceptors (Lipinski definition) is 2. The Morgan fingerprint density at radius 3 is 2.23 bits per heavy atom. The summed E-state index contributed by atoms with van der Waals surface area (Å²) in [4.78, 5) is 0. The number of fused-ring (bicyclic) bond motifs is 8. The molecular weight excluding hydrogens is 476 g/mol. The average Bonchev–Trinajstić information content (AvgIpc) is 3.54. The maximum Gasteiger partial charge on any atom is 0.302 e. The normalized spacial score (nSPS) is 11.7. The smallest absolute Gasteiger partial charge is 0.302 e. The van der Waals surface area contributed by atoms with E-state index in [0.717, 1.165) is 43.9 Å². The highest BCUT2D eigenvalue weighted by atomic mass is 16.4. The molecule has 6 aromatic carbocycles. The van der Waals surface area contributed by atoms with Crippen molar-refractivity contribution >= 4 is 69.6 Å². The third-order valence-electron chi connectivity index (χ3n) is 7.65. The van der Waals surface area contributed by atoms with Crippen LogP contribution in [0.3, 0.4) is 0 Å². The Morgan fingerprint density at radius 2 is 1.36 bits per heavy atom. The van der Waals surface area contributed by atoms with E-state index >= 15 is 0 Å². The molecule has 0 saturated heterocycles. The van der Waals surface area contributed by atoms with E-state index in [1.165, 1.54) is 29.2 Å². The number of para-hydroxylation sites is 3. The monoisotopic (exact) mass is 496 g/mol. The lowest BCUT2D eigenvalue weighted by Crippen LogP contribution is -2.01. The average molecular weight is 496 g/mol. The van der Waals surface area contributed by atoms with Crippen molar-refractivity contribution in [3.05, 3.63) is 121 Å². The molecule has 0 fully saturated rings. The van der Waals surface area contributed by atoms with E-state index < -0.39 is 0 Å². The zero-order valence-corrected chi connectivity index (χ0v) is 21.0. The van der Waals surface area contributed by atoms with Crippen molar-refractivity contribution in [2.45, 2.75) is 0 Å². The first-order chi connectivity index (χ1) is 19.3. The molecule has 39 heavy (non-hydrogen) atoms. The van der Waals surface area contributed by atoms with E-state index in [9.17, 15) is 0 Å². The minimum Gasteiger partial charge on any atom is -0.572 e. The predicted molar refractivity (Wildman–Crippen MR) is 163 cm³/mol. The van der Waals surface area contributed by atoms with E-state index in [1.807, 2.05) is 12.1 Å². The number of nitrogens with zero attached hydrogens (tertiary/aromatic N) is 1. The first-order valence-corrected chi connectivity index (χ1v) is 13.0. The van der Waals surface area contributed by atoms with Gasteiger partial charge in [0.15, 0.2) is 5.58 Å². The van der Waals surface area contributed by atoms with Gasteiger partial charge in [0.2, 0.25) is 0 Å². The van der Waals surface area contributed by atoms with Crippen LogP contribution >= 0.6 is 0 Å². The minimum atomic E-state index is 0.606. The van der Waals surface area contributed by atoms with Crippen molar-refractivity contribution < 1.29 is 9.07 Å². The lowest BCUT2D eigenvalue weighted by atomic mass is 9.72. The third-order valence-corrected chi connectivity index (χ3v) is 7.65. The molecule has 5 heteroatoms. The van der Waals surface area contributed by atoms with Crippen molar-refractivity contribution in [2.75, 3.05) is 0 Å². The molecular formula is C34H20B2NO2. The molecule has 0 aliphatic rings. The maximum absolute atomic E-state index is 6.60. The largest absolute Gasteiger partial charge is 0.572 e. The fraction of sp³-hybridized carbons (Fsp3) is 0. The van der Waals surface area contributed by atoms with Gasteiger partial charge in [-0.3, -0.25) is 0 Å². The standard InChI is InChI=1S/C34H20B2NO2/c35-36-39-31-20-21-9-4-5-12-24(21)32-27-15-8-14-25(33(27)38-34(31)32)22-17-18-30-28(19-22)26-13-6-7-16-29(26)37(30)23-10-2-1-3-11-23/h1-20H. The SMILES string of the molecule is [B][B]Oc1cc2ccccc2c2c1oc1c(-c3ccc4c(c3)c3ccccc3n4-c3ccccc3)cccc12. The second kappa shape index (κ2) is 8.57. The molecule has 0 unspecified atom stereocenters. The summed E-state index contributed by atoms with van der Waals surface area (Å²) >= 11 is 0. The van der Waals surface area contributed by atoms with Gasteiger partial charge in [-0.25, -0.2) is 0 Å². The molecule has 0 amide bonds. The van der Waals surface area contributed by atoms with Crippen LogP contribution in [0.25, 0.3) is 71.3 Å². The molecule has 3 radical (unpaired) electrons. The van der Waals surface area contributed by atoms with Gasteiger partial charge in [0.1, 0.15) is 11.3 Å². The summed E-state index contributed by atoms with van der Waals surface area (Å²) in [6.07, 6.45) is 0. The Balaban J connectivity index is 1.42. The molecule has 2 aromatic heterocycles.